The number of aromatic nitrogens is 1. The van der Waals surface area contributed by atoms with Gasteiger partial charge >= 0.3 is 0 Å². The van der Waals surface area contributed by atoms with Gasteiger partial charge in [-0.15, -0.1) is 24.8 Å². The maximum absolute atomic E-state index is 12.1. The number of nitrogens with one attached hydrogen (secondary N) is 1. The predicted octanol–water partition coefficient (Wildman–Crippen LogP) is 3.01. The van der Waals surface area contributed by atoms with Gasteiger partial charge in [-0.2, -0.15) is 0 Å². The van der Waals surface area contributed by atoms with Crippen LogP contribution in [0.3, 0.4) is 0 Å². The van der Waals surface area contributed by atoms with E-state index < -0.39 is 0 Å². The molecule has 0 radical (unpaired) electrons. The molecule has 1 amide bonds. The van der Waals surface area contributed by atoms with Crippen LogP contribution in [0.2, 0.25) is 0 Å². The maximum Gasteiger partial charge on any atom is 0.220 e. The van der Waals surface area contributed by atoms with Gasteiger partial charge in [0.15, 0.2) is 0 Å². The number of carbonyl (C=O) groups is 1. The maximum atomic E-state index is 12.1. The van der Waals surface area contributed by atoms with E-state index in [4.69, 9.17) is 5.73 Å². The van der Waals surface area contributed by atoms with Crippen molar-refractivity contribution in [3.8, 4) is 0 Å². The third-order valence-electron chi connectivity index (χ3n) is 4.02. The average Bonchev–Trinajstić information content (AvgIpc) is 2.82. The Bertz CT molecular complexity index is 417. The minimum Gasteiger partial charge on any atom is -0.349 e. The summed E-state index contributed by atoms with van der Waals surface area (Å²) in [6.07, 6.45) is 8.25. The smallest absolute Gasteiger partial charge is 0.220 e. The molecule has 1 heterocycles. The Morgan fingerprint density at radius 1 is 1.38 bits per heavy atom. The van der Waals surface area contributed by atoms with Crippen LogP contribution in [0.15, 0.2) is 24.5 Å². The van der Waals surface area contributed by atoms with Gasteiger partial charge in [0.25, 0.3) is 0 Å². The second-order valence-corrected chi connectivity index (χ2v) is 5.37. The molecule has 0 aromatic carbocycles. The van der Waals surface area contributed by atoms with Gasteiger partial charge in [-0.05, 0) is 42.9 Å². The molecule has 1 aromatic rings. The zero-order valence-electron chi connectivity index (χ0n) is 12.3. The quantitative estimate of drug-likeness (QED) is 0.870. The summed E-state index contributed by atoms with van der Waals surface area (Å²) >= 11 is 0. The fourth-order valence-corrected chi connectivity index (χ4v) is 2.83. The van der Waals surface area contributed by atoms with Crippen LogP contribution >= 0.6 is 24.8 Å². The lowest BCUT2D eigenvalue weighted by molar-refractivity contribution is -0.122. The molecule has 0 bridgehead atoms. The lowest BCUT2D eigenvalue weighted by Crippen LogP contribution is -2.33. The Kier molecular flexibility index (Phi) is 9.58. The summed E-state index contributed by atoms with van der Waals surface area (Å²) in [5.74, 6) is 0.473. The predicted molar refractivity (Wildman–Crippen MR) is 89.8 cm³/mol. The van der Waals surface area contributed by atoms with Crippen molar-refractivity contribution in [2.75, 3.05) is 0 Å². The summed E-state index contributed by atoms with van der Waals surface area (Å²) in [6, 6.07) is 4.19. The highest BCUT2D eigenvalue weighted by Gasteiger charge is 2.26. The highest BCUT2D eigenvalue weighted by atomic mass is 35.5. The molecule has 0 aliphatic heterocycles. The summed E-state index contributed by atoms with van der Waals surface area (Å²) in [4.78, 5) is 16.1. The molecule has 4 nitrogen and oxygen atoms in total. The van der Waals surface area contributed by atoms with Gasteiger partial charge in [0, 0.05) is 24.9 Å². The molecule has 1 fully saturated rings. The van der Waals surface area contributed by atoms with Crippen molar-refractivity contribution in [3.05, 3.63) is 30.1 Å². The fourth-order valence-electron chi connectivity index (χ4n) is 2.83. The highest BCUT2D eigenvalue weighted by Crippen LogP contribution is 2.27. The lowest BCUT2D eigenvalue weighted by Gasteiger charge is -2.20. The highest BCUT2D eigenvalue weighted by molar-refractivity contribution is 5.85. The van der Waals surface area contributed by atoms with Crippen LogP contribution < -0.4 is 11.1 Å². The second kappa shape index (κ2) is 9.98. The molecule has 1 unspecified atom stereocenters. The van der Waals surface area contributed by atoms with Crippen LogP contribution in [0, 0.1) is 5.92 Å². The number of hydrogen-bond acceptors (Lipinski definition) is 3. The van der Waals surface area contributed by atoms with Crippen molar-refractivity contribution >= 4 is 30.7 Å². The number of pyridine rings is 1. The van der Waals surface area contributed by atoms with E-state index in [1.165, 1.54) is 0 Å². The van der Waals surface area contributed by atoms with Crippen molar-refractivity contribution in [2.24, 2.45) is 11.7 Å². The molecule has 1 saturated carbocycles. The van der Waals surface area contributed by atoms with Crippen LogP contribution in [0.25, 0.3) is 0 Å². The van der Waals surface area contributed by atoms with E-state index in [-0.39, 0.29) is 42.8 Å². The molecule has 21 heavy (non-hydrogen) atoms. The molecule has 6 heteroatoms. The molecule has 1 aliphatic rings. The topological polar surface area (TPSA) is 68.0 Å². The Balaban J connectivity index is 0.00000200. The van der Waals surface area contributed by atoms with Gasteiger partial charge in [0.1, 0.15) is 0 Å². The number of amides is 1. The fraction of sp³-hybridized carbons (Fsp3) is 0.600. The number of carbonyl (C=O) groups excluding carboxylic acids is 1. The SMILES string of the molecule is CCC(NC(=O)C[C@@H]1CCC[C@H]1N)c1ccncc1.Cl.Cl. The summed E-state index contributed by atoms with van der Waals surface area (Å²) in [6.45, 7) is 2.08. The van der Waals surface area contributed by atoms with Crippen molar-refractivity contribution in [1.29, 1.82) is 0 Å². The van der Waals surface area contributed by atoms with E-state index in [1.807, 2.05) is 12.1 Å². The Morgan fingerprint density at radius 3 is 2.57 bits per heavy atom. The van der Waals surface area contributed by atoms with Crippen molar-refractivity contribution in [3.63, 3.8) is 0 Å². The van der Waals surface area contributed by atoms with Crippen molar-refractivity contribution in [1.82, 2.24) is 10.3 Å². The lowest BCUT2D eigenvalue weighted by atomic mass is 9.99. The van der Waals surface area contributed by atoms with Gasteiger partial charge < -0.3 is 11.1 Å². The summed E-state index contributed by atoms with van der Waals surface area (Å²) < 4.78 is 0. The van der Waals surface area contributed by atoms with Crippen LogP contribution in [-0.2, 0) is 4.79 Å². The average molecular weight is 334 g/mol. The zero-order valence-corrected chi connectivity index (χ0v) is 14.0. The van der Waals surface area contributed by atoms with Crippen LogP contribution in [-0.4, -0.2) is 16.9 Å². The number of halogens is 2. The first-order chi connectivity index (χ1) is 9.20. The van der Waals surface area contributed by atoms with Gasteiger partial charge in [-0.25, -0.2) is 0 Å². The first-order valence-corrected chi connectivity index (χ1v) is 7.15. The molecule has 1 aliphatic carbocycles. The molecule has 0 saturated heterocycles. The standard InChI is InChI=1S/C15H23N3O.2ClH/c1-2-14(11-6-8-17-9-7-11)18-15(19)10-12-4-3-5-13(12)16;;/h6-9,12-14H,2-5,10,16H2,1H3,(H,18,19);2*1H/t12-,13+,14?;;/m0../s1. The number of nitrogens with zero attached hydrogens (tertiary/aromatic N) is 1. The van der Waals surface area contributed by atoms with E-state index in [1.54, 1.807) is 12.4 Å². The zero-order chi connectivity index (χ0) is 13.7. The molecule has 1 aromatic heterocycles. The number of rotatable bonds is 5. The minimum absolute atomic E-state index is 0. The van der Waals surface area contributed by atoms with Crippen LogP contribution in [0.4, 0.5) is 0 Å². The number of nitrogens with two attached hydrogens (primary N) is 1. The third kappa shape index (κ3) is 5.81. The van der Waals surface area contributed by atoms with Crippen LogP contribution in [0.5, 0.6) is 0 Å². The van der Waals surface area contributed by atoms with Gasteiger partial charge in [0.05, 0.1) is 6.04 Å². The molecule has 120 valence electrons. The summed E-state index contributed by atoms with van der Waals surface area (Å²) in [7, 11) is 0. The van der Waals surface area contributed by atoms with E-state index in [9.17, 15) is 4.79 Å². The Morgan fingerprint density at radius 2 is 2.05 bits per heavy atom. The number of hydrogen-bond donors (Lipinski definition) is 2. The molecule has 3 N–H and O–H groups in total. The normalized spacial score (nSPS) is 21.8. The Hall–Kier alpha value is -0.840. The summed E-state index contributed by atoms with van der Waals surface area (Å²) in [5, 5.41) is 3.11. The van der Waals surface area contributed by atoms with Crippen molar-refractivity contribution in [2.45, 2.75) is 51.1 Å². The summed E-state index contributed by atoms with van der Waals surface area (Å²) in [5.41, 5.74) is 7.13. The van der Waals surface area contributed by atoms with Gasteiger partial charge in [-0.3, -0.25) is 9.78 Å². The second-order valence-electron chi connectivity index (χ2n) is 5.37. The first kappa shape index (κ1) is 20.2. The Labute approximate surface area is 139 Å². The van der Waals surface area contributed by atoms with Crippen LogP contribution in [0.1, 0.15) is 50.6 Å². The van der Waals surface area contributed by atoms with E-state index in [0.717, 1.165) is 31.2 Å². The molecular formula is C15H25Cl2N3O. The van der Waals surface area contributed by atoms with Gasteiger partial charge in [-0.1, -0.05) is 13.3 Å². The minimum atomic E-state index is 0. The molecule has 3 atom stereocenters. The largest absolute Gasteiger partial charge is 0.349 e. The molecule has 2 rings (SSSR count). The monoisotopic (exact) mass is 333 g/mol. The molecule has 0 spiro atoms. The third-order valence-corrected chi connectivity index (χ3v) is 4.02. The van der Waals surface area contributed by atoms with E-state index in [2.05, 4.69) is 17.2 Å². The van der Waals surface area contributed by atoms with E-state index in [0.29, 0.717) is 12.3 Å². The van der Waals surface area contributed by atoms with E-state index >= 15 is 0 Å². The van der Waals surface area contributed by atoms with Gasteiger partial charge in [0.2, 0.25) is 5.91 Å². The van der Waals surface area contributed by atoms with Crippen molar-refractivity contribution < 1.29 is 4.79 Å². The first-order valence-electron chi connectivity index (χ1n) is 7.15. The molecular weight excluding hydrogens is 309 g/mol.